The first-order valence-electron chi connectivity index (χ1n) is 7.23. The Morgan fingerprint density at radius 1 is 1.26 bits per heavy atom. The van der Waals surface area contributed by atoms with Gasteiger partial charge >= 0.3 is 0 Å². The van der Waals surface area contributed by atoms with Crippen molar-refractivity contribution < 1.29 is 9.59 Å². The minimum atomic E-state index is -0.413. The highest BCUT2D eigenvalue weighted by atomic mass is 35.5. The van der Waals surface area contributed by atoms with Crippen LogP contribution < -0.4 is 10.6 Å². The molecule has 0 unspecified atom stereocenters. The quantitative estimate of drug-likeness (QED) is 0.715. The molecule has 0 fully saturated rings. The molecule has 6 nitrogen and oxygen atoms in total. The van der Waals surface area contributed by atoms with Crippen LogP contribution in [-0.2, 0) is 4.79 Å². The molecule has 0 aromatic heterocycles. The number of terminal acetylenes is 1. The second kappa shape index (κ2) is 7.75. The molecule has 2 N–H and O–H groups in total. The average Bonchev–Trinajstić information content (AvgIpc) is 3.31. The lowest BCUT2D eigenvalue weighted by Crippen LogP contribution is -2.38. The fourth-order valence-corrected chi connectivity index (χ4v) is 2.22. The Kier molecular flexibility index (Phi) is 5.72. The smallest absolute Gasteiger partial charge is 0.251 e. The predicted octanol–water partition coefficient (Wildman–Crippen LogP) is 2.15. The van der Waals surface area contributed by atoms with Gasteiger partial charge in [0.2, 0.25) is 5.91 Å². The number of hydrogen-bond acceptors (Lipinski definition) is 4. The van der Waals surface area contributed by atoms with Crippen LogP contribution in [0.25, 0.3) is 0 Å². The van der Waals surface area contributed by atoms with Crippen LogP contribution in [-0.4, -0.2) is 30.6 Å². The third-order valence-corrected chi connectivity index (χ3v) is 3.63. The second-order valence-electron chi connectivity index (χ2n) is 5.18. The summed E-state index contributed by atoms with van der Waals surface area (Å²) in [5.41, 5.74) is -0.00179. The Hall–Kier alpha value is -2.39. The fourth-order valence-electron chi connectivity index (χ4n) is 2.03. The Bertz CT molecular complexity index is 660. The van der Waals surface area contributed by atoms with Gasteiger partial charge < -0.3 is 10.6 Å². The zero-order chi connectivity index (χ0) is 16.7. The molecule has 0 atom stereocenters. The van der Waals surface area contributed by atoms with Gasteiger partial charge in [-0.1, -0.05) is 17.7 Å². The van der Waals surface area contributed by atoms with Gasteiger partial charge in [-0.05, 0) is 18.2 Å². The van der Waals surface area contributed by atoms with E-state index in [9.17, 15) is 9.59 Å². The van der Waals surface area contributed by atoms with Crippen LogP contribution >= 0.6 is 11.6 Å². The van der Waals surface area contributed by atoms with Crippen LogP contribution in [0.5, 0.6) is 0 Å². The highest BCUT2D eigenvalue weighted by Crippen LogP contribution is 2.35. The zero-order valence-corrected chi connectivity index (χ0v) is 13.3. The molecule has 0 spiro atoms. The molecule has 120 valence electrons. The van der Waals surface area contributed by atoms with Crippen molar-refractivity contribution in [3.8, 4) is 12.3 Å². The van der Waals surface area contributed by atoms with Gasteiger partial charge in [0.05, 0.1) is 6.54 Å². The van der Waals surface area contributed by atoms with E-state index < -0.39 is 5.66 Å². The Morgan fingerprint density at radius 3 is 2.70 bits per heavy atom. The van der Waals surface area contributed by atoms with Crippen molar-refractivity contribution >= 4 is 23.4 Å². The largest absolute Gasteiger partial charge is 0.354 e. The summed E-state index contributed by atoms with van der Waals surface area (Å²) in [5.74, 6) is 1.93. The summed E-state index contributed by atoms with van der Waals surface area (Å²) in [6.45, 7) is 0.334. The van der Waals surface area contributed by atoms with Crippen molar-refractivity contribution in [3.63, 3.8) is 0 Å². The Labute approximate surface area is 139 Å². The molecule has 7 heteroatoms. The van der Waals surface area contributed by atoms with E-state index in [4.69, 9.17) is 18.0 Å². The first-order valence-corrected chi connectivity index (χ1v) is 7.60. The van der Waals surface area contributed by atoms with Gasteiger partial charge in [0, 0.05) is 36.4 Å². The standard InChI is InChI=1S/C16H17ClN4O2/c1-2-3-7-16(20-21-16)8-9-18-14(22)11-19-15(23)12-5-4-6-13(17)10-12/h1,4-6,10H,3,7-9,11H2,(H,18,22)(H,19,23). The van der Waals surface area contributed by atoms with Crippen molar-refractivity contribution in [1.29, 1.82) is 0 Å². The van der Waals surface area contributed by atoms with Crippen molar-refractivity contribution in [1.82, 2.24) is 10.6 Å². The molecule has 1 aliphatic rings. The molecular formula is C16H17ClN4O2. The molecular weight excluding hydrogens is 316 g/mol. The number of carbonyl (C=O) groups excluding carboxylic acids is 2. The number of hydrogen-bond donors (Lipinski definition) is 2. The van der Waals surface area contributed by atoms with Crippen LogP contribution in [0.3, 0.4) is 0 Å². The first kappa shape index (κ1) is 17.0. The first-order chi connectivity index (χ1) is 11.0. The predicted molar refractivity (Wildman–Crippen MR) is 87.1 cm³/mol. The summed E-state index contributed by atoms with van der Waals surface area (Å²) in [4.78, 5) is 23.6. The normalized spacial score (nSPS) is 13.9. The molecule has 2 rings (SSSR count). The minimum absolute atomic E-state index is 0.100. The van der Waals surface area contributed by atoms with E-state index in [-0.39, 0.29) is 18.4 Å². The molecule has 1 aliphatic heterocycles. The van der Waals surface area contributed by atoms with E-state index in [1.54, 1.807) is 24.3 Å². The highest BCUT2D eigenvalue weighted by Gasteiger charge is 2.38. The number of nitrogens with one attached hydrogen (secondary N) is 2. The van der Waals surface area contributed by atoms with Crippen molar-refractivity contribution in [2.75, 3.05) is 13.1 Å². The van der Waals surface area contributed by atoms with Crippen molar-refractivity contribution in [2.45, 2.75) is 24.9 Å². The van der Waals surface area contributed by atoms with E-state index in [0.717, 1.165) is 0 Å². The van der Waals surface area contributed by atoms with E-state index in [2.05, 4.69) is 26.8 Å². The Morgan fingerprint density at radius 2 is 2.04 bits per heavy atom. The maximum atomic E-state index is 11.9. The summed E-state index contributed by atoms with van der Waals surface area (Å²) < 4.78 is 0. The lowest BCUT2D eigenvalue weighted by atomic mass is 10.0. The lowest BCUT2D eigenvalue weighted by molar-refractivity contribution is -0.120. The van der Waals surface area contributed by atoms with Crippen LogP contribution in [0.2, 0.25) is 5.02 Å². The van der Waals surface area contributed by atoms with Gasteiger partial charge in [0.25, 0.3) is 5.91 Å². The lowest BCUT2D eigenvalue weighted by Gasteiger charge is -2.10. The summed E-state index contributed by atoms with van der Waals surface area (Å²) in [5, 5.41) is 13.7. The third-order valence-electron chi connectivity index (χ3n) is 3.40. The number of amides is 2. The fraction of sp³-hybridized carbons (Fsp3) is 0.375. The number of nitrogens with zero attached hydrogens (tertiary/aromatic N) is 2. The van der Waals surface area contributed by atoms with Crippen LogP contribution in [0, 0.1) is 12.3 Å². The highest BCUT2D eigenvalue weighted by molar-refractivity contribution is 6.30. The topological polar surface area (TPSA) is 82.9 Å². The van der Waals surface area contributed by atoms with Gasteiger partial charge in [-0.2, -0.15) is 10.2 Å². The van der Waals surface area contributed by atoms with Crippen LogP contribution in [0.15, 0.2) is 34.5 Å². The van der Waals surface area contributed by atoms with Gasteiger partial charge in [-0.25, -0.2) is 0 Å². The Balaban J connectivity index is 1.66. The van der Waals surface area contributed by atoms with E-state index in [1.165, 1.54) is 0 Å². The summed E-state index contributed by atoms with van der Waals surface area (Å²) in [7, 11) is 0. The molecule has 23 heavy (non-hydrogen) atoms. The SMILES string of the molecule is C#CCCC1(CCNC(=O)CNC(=O)c2cccc(Cl)c2)N=N1. The van der Waals surface area contributed by atoms with Gasteiger partial charge in [0.15, 0.2) is 5.66 Å². The maximum Gasteiger partial charge on any atom is 0.251 e. The molecule has 0 saturated carbocycles. The maximum absolute atomic E-state index is 11.9. The molecule has 1 heterocycles. The van der Waals surface area contributed by atoms with Crippen molar-refractivity contribution in [3.05, 3.63) is 34.9 Å². The van der Waals surface area contributed by atoms with Crippen LogP contribution in [0.1, 0.15) is 29.6 Å². The van der Waals surface area contributed by atoms with Crippen molar-refractivity contribution in [2.24, 2.45) is 10.2 Å². The molecule has 0 saturated heterocycles. The number of benzene rings is 1. The second-order valence-corrected chi connectivity index (χ2v) is 5.62. The summed E-state index contributed by atoms with van der Waals surface area (Å²) in [6.07, 6.45) is 7.13. The molecule has 2 amide bonds. The molecule has 0 radical (unpaired) electrons. The van der Waals surface area contributed by atoms with E-state index in [0.29, 0.717) is 36.4 Å². The summed E-state index contributed by atoms with van der Waals surface area (Å²) >= 11 is 5.82. The average molecular weight is 333 g/mol. The zero-order valence-electron chi connectivity index (χ0n) is 12.5. The molecule has 1 aromatic carbocycles. The van der Waals surface area contributed by atoms with E-state index in [1.807, 2.05) is 0 Å². The van der Waals surface area contributed by atoms with Gasteiger partial charge in [0.1, 0.15) is 0 Å². The van der Waals surface area contributed by atoms with E-state index >= 15 is 0 Å². The molecule has 0 bridgehead atoms. The number of carbonyl (C=O) groups is 2. The monoisotopic (exact) mass is 332 g/mol. The van der Waals surface area contributed by atoms with Gasteiger partial charge in [-0.15, -0.1) is 12.3 Å². The number of rotatable bonds is 8. The van der Waals surface area contributed by atoms with Gasteiger partial charge in [-0.3, -0.25) is 9.59 Å². The minimum Gasteiger partial charge on any atom is -0.354 e. The summed E-state index contributed by atoms with van der Waals surface area (Å²) in [6, 6.07) is 6.52. The number of halogens is 1. The third kappa shape index (κ3) is 5.38. The molecule has 1 aromatic rings. The molecule has 0 aliphatic carbocycles. The van der Waals surface area contributed by atoms with Crippen LogP contribution in [0.4, 0.5) is 0 Å².